The molecule has 0 N–H and O–H groups in total. The van der Waals surface area contributed by atoms with Gasteiger partial charge in [0.15, 0.2) is 0 Å². The molecule has 1 aromatic heterocycles. The molecule has 3 aliphatic rings. The second-order valence-corrected chi connectivity index (χ2v) is 6.29. The van der Waals surface area contributed by atoms with Gasteiger partial charge in [-0.2, -0.15) is 0 Å². The third-order valence-electron chi connectivity index (χ3n) is 5.31. The third-order valence-corrected chi connectivity index (χ3v) is 5.31. The van der Waals surface area contributed by atoms with Crippen molar-refractivity contribution in [1.29, 1.82) is 0 Å². The van der Waals surface area contributed by atoms with Crippen LogP contribution in [0.2, 0.25) is 0 Å². The van der Waals surface area contributed by atoms with Crippen LogP contribution in [0.4, 0.5) is 0 Å². The van der Waals surface area contributed by atoms with Gasteiger partial charge in [-0.05, 0) is 19.1 Å². The van der Waals surface area contributed by atoms with E-state index in [0.717, 1.165) is 12.2 Å². The smallest absolute Gasteiger partial charge is 0.324 e. The number of carbonyl (C=O) groups excluding carboxylic acids is 3. The first-order valence-electron chi connectivity index (χ1n) is 7.95. The van der Waals surface area contributed by atoms with Crippen LogP contribution in [0.5, 0.6) is 0 Å². The Bertz CT molecular complexity index is 697. The van der Waals surface area contributed by atoms with E-state index in [1.807, 2.05) is 23.2 Å². The Hall–Kier alpha value is -2.15. The van der Waals surface area contributed by atoms with Crippen molar-refractivity contribution >= 4 is 17.8 Å². The van der Waals surface area contributed by atoms with Crippen molar-refractivity contribution in [1.82, 2.24) is 14.4 Å². The Labute approximate surface area is 133 Å². The fraction of sp³-hybridized carbons (Fsp3) is 0.562. The number of likely N-dealkylation sites (tertiary alicyclic amines) is 1. The van der Waals surface area contributed by atoms with Gasteiger partial charge in [-0.15, -0.1) is 0 Å². The molecule has 4 heterocycles. The number of nitrogens with zero attached hydrogens (tertiary/aromatic N) is 3. The van der Waals surface area contributed by atoms with Crippen LogP contribution >= 0.6 is 0 Å². The van der Waals surface area contributed by atoms with Gasteiger partial charge in [-0.25, -0.2) is 0 Å². The average Bonchev–Trinajstić information content (AvgIpc) is 3.18. The summed E-state index contributed by atoms with van der Waals surface area (Å²) in [6.45, 7) is 3.38. The Kier molecular flexibility index (Phi) is 3.09. The van der Waals surface area contributed by atoms with Gasteiger partial charge in [-0.3, -0.25) is 24.2 Å². The molecule has 0 bridgehead atoms. The molecule has 2 amide bonds. The van der Waals surface area contributed by atoms with E-state index in [-0.39, 0.29) is 24.5 Å². The van der Waals surface area contributed by atoms with Gasteiger partial charge >= 0.3 is 5.97 Å². The summed E-state index contributed by atoms with van der Waals surface area (Å²) in [5, 5.41) is 0. The number of esters is 1. The van der Waals surface area contributed by atoms with Crippen LogP contribution in [0.25, 0.3) is 0 Å². The number of aromatic nitrogens is 1. The lowest BCUT2D eigenvalue weighted by Crippen LogP contribution is -2.48. The maximum atomic E-state index is 12.6. The Morgan fingerprint density at radius 2 is 2.00 bits per heavy atom. The van der Waals surface area contributed by atoms with Gasteiger partial charge in [-0.1, -0.05) is 0 Å². The van der Waals surface area contributed by atoms with Crippen molar-refractivity contribution in [2.75, 3.05) is 20.2 Å². The Morgan fingerprint density at radius 1 is 1.26 bits per heavy atom. The van der Waals surface area contributed by atoms with E-state index >= 15 is 0 Å². The molecule has 2 saturated heterocycles. The fourth-order valence-electron chi connectivity index (χ4n) is 4.38. The molecule has 122 valence electrons. The quantitative estimate of drug-likeness (QED) is 0.568. The topological polar surface area (TPSA) is 71.9 Å². The minimum atomic E-state index is -0.671. The van der Waals surface area contributed by atoms with Crippen molar-refractivity contribution in [2.24, 2.45) is 11.8 Å². The van der Waals surface area contributed by atoms with E-state index < -0.39 is 23.8 Å². The molecule has 0 saturated carbocycles. The molecular weight excluding hydrogens is 298 g/mol. The highest BCUT2D eigenvalue weighted by Crippen LogP contribution is 2.51. The molecule has 0 aliphatic carbocycles. The maximum Gasteiger partial charge on any atom is 0.324 e. The predicted molar refractivity (Wildman–Crippen MR) is 79.1 cm³/mol. The highest BCUT2D eigenvalue weighted by molar-refractivity contribution is 6.08. The summed E-state index contributed by atoms with van der Waals surface area (Å²) in [5.74, 6) is -2.02. The molecule has 4 atom stereocenters. The first-order chi connectivity index (χ1) is 11.1. The molecule has 0 unspecified atom stereocenters. The third kappa shape index (κ3) is 1.77. The SMILES string of the molecule is CCOC(=O)[C@@H]1[C@H]2C(=O)N(C)C(=O)[C@H]2[C@H]2c3cccn3CCN12. The second kappa shape index (κ2) is 4.92. The maximum absolute atomic E-state index is 12.6. The van der Waals surface area contributed by atoms with Crippen LogP contribution in [0.1, 0.15) is 18.7 Å². The van der Waals surface area contributed by atoms with Crippen molar-refractivity contribution in [3.63, 3.8) is 0 Å². The van der Waals surface area contributed by atoms with Crippen LogP contribution < -0.4 is 0 Å². The largest absolute Gasteiger partial charge is 0.465 e. The molecule has 0 spiro atoms. The number of fused-ring (bicyclic) bond motifs is 5. The molecule has 0 aromatic carbocycles. The average molecular weight is 317 g/mol. The highest BCUT2D eigenvalue weighted by Gasteiger charge is 2.64. The second-order valence-electron chi connectivity index (χ2n) is 6.29. The summed E-state index contributed by atoms with van der Waals surface area (Å²) in [7, 11) is 1.50. The van der Waals surface area contributed by atoms with Gasteiger partial charge in [0.1, 0.15) is 6.04 Å². The highest BCUT2D eigenvalue weighted by atomic mass is 16.5. The van der Waals surface area contributed by atoms with Gasteiger partial charge in [0.05, 0.1) is 24.5 Å². The van der Waals surface area contributed by atoms with Gasteiger partial charge < -0.3 is 9.30 Å². The molecule has 4 rings (SSSR count). The molecule has 0 radical (unpaired) electrons. The Balaban J connectivity index is 1.82. The van der Waals surface area contributed by atoms with Crippen molar-refractivity contribution < 1.29 is 19.1 Å². The summed E-state index contributed by atoms with van der Waals surface area (Å²) in [4.78, 5) is 40.9. The summed E-state index contributed by atoms with van der Waals surface area (Å²) in [6, 6.07) is 3.00. The first kappa shape index (κ1) is 14.4. The van der Waals surface area contributed by atoms with E-state index in [1.54, 1.807) is 6.92 Å². The molecule has 1 aromatic rings. The normalized spacial score (nSPS) is 32.7. The molecule has 3 aliphatic heterocycles. The minimum absolute atomic E-state index is 0.198. The number of carbonyl (C=O) groups is 3. The van der Waals surface area contributed by atoms with Crippen LogP contribution in [0, 0.1) is 11.8 Å². The lowest BCUT2D eigenvalue weighted by molar-refractivity contribution is -0.154. The van der Waals surface area contributed by atoms with Crippen molar-refractivity contribution in [3.05, 3.63) is 24.0 Å². The number of hydrogen-bond acceptors (Lipinski definition) is 5. The predicted octanol–water partition coefficient (Wildman–Crippen LogP) is 0.0211. The molecule has 7 nitrogen and oxygen atoms in total. The monoisotopic (exact) mass is 317 g/mol. The van der Waals surface area contributed by atoms with E-state index in [0.29, 0.717) is 6.54 Å². The van der Waals surface area contributed by atoms with Crippen molar-refractivity contribution in [2.45, 2.75) is 25.6 Å². The molecule has 23 heavy (non-hydrogen) atoms. The van der Waals surface area contributed by atoms with Crippen LogP contribution in [-0.2, 0) is 25.7 Å². The number of ether oxygens (including phenoxy) is 1. The number of imide groups is 1. The first-order valence-corrected chi connectivity index (χ1v) is 7.95. The van der Waals surface area contributed by atoms with E-state index in [2.05, 4.69) is 4.57 Å². The zero-order valence-corrected chi connectivity index (χ0v) is 13.1. The Morgan fingerprint density at radius 3 is 2.74 bits per heavy atom. The van der Waals surface area contributed by atoms with E-state index in [1.165, 1.54) is 11.9 Å². The van der Waals surface area contributed by atoms with Gasteiger partial charge in [0.2, 0.25) is 11.8 Å². The van der Waals surface area contributed by atoms with Gasteiger partial charge in [0, 0.05) is 32.0 Å². The lowest BCUT2D eigenvalue weighted by atomic mass is 9.88. The lowest BCUT2D eigenvalue weighted by Gasteiger charge is -2.36. The van der Waals surface area contributed by atoms with Gasteiger partial charge in [0.25, 0.3) is 0 Å². The van der Waals surface area contributed by atoms with Crippen LogP contribution in [0.3, 0.4) is 0 Å². The molecule has 7 heteroatoms. The zero-order chi connectivity index (χ0) is 16.3. The summed E-state index contributed by atoms with van der Waals surface area (Å²) < 4.78 is 7.30. The fourth-order valence-corrected chi connectivity index (χ4v) is 4.38. The zero-order valence-electron chi connectivity index (χ0n) is 13.1. The molecule has 2 fully saturated rings. The summed E-state index contributed by atoms with van der Waals surface area (Å²) in [6.07, 6.45) is 1.98. The van der Waals surface area contributed by atoms with E-state index in [9.17, 15) is 14.4 Å². The summed E-state index contributed by atoms with van der Waals surface area (Å²) >= 11 is 0. The minimum Gasteiger partial charge on any atom is -0.465 e. The van der Waals surface area contributed by atoms with Crippen LogP contribution in [0.15, 0.2) is 18.3 Å². The van der Waals surface area contributed by atoms with E-state index in [4.69, 9.17) is 4.74 Å². The van der Waals surface area contributed by atoms with Crippen LogP contribution in [-0.4, -0.2) is 58.4 Å². The van der Waals surface area contributed by atoms with Crippen molar-refractivity contribution in [3.8, 4) is 0 Å². The number of hydrogen-bond donors (Lipinski definition) is 0. The number of amides is 2. The molecular formula is C16H19N3O4. The number of rotatable bonds is 2. The summed E-state index contributed by atoms with van der Waals surface area (Å²) in [5.41, 5.74) is 0.995. The standard InChI is InChI=1S/C16H19N3O4/c1-3-23-16(22)13-11-10(14(20)17(2)15(11)21)12-9-5-4-6-18(9)7-8-19(12)13/h4-6,10-13H,3,7-8H2,1-2H3/t10-,11+,12-,13+/m1/s1.